The number of carbonyl (C=O) groups excluding carboxylic acids is 2. The third kappa shape index (κ3) is 3.44. The lowest BCUT2D eigenvalue weighted by Gasteiger charge is -2.46. The van der Waals surface area contributed by atoms with Crippen molar-refractivity contribution in [3.63, 3.8) is 0 Å². The van der Waals surface area contributed by atoms with Crippen molar-refractivity contribution in [1.29, 1.82) is 0 Å². The van der Waals surface area contributed by atoms with E-state index in [9.17, 15) is 24.6 Å². The van der Waals surface area contributed by atoms with E-state index < -0.39 is 18.0 Å². The number of carboxylic acids is 1. The van der Waals surface area contributed by atoms with Crippen molar-refractivity contribution in [2.45, 2.75) is 31.2 Å². The summed E-state index contributed by atoms with van der Waals surface area (Å²) in [6.45, 7) is 4.35. The van der Waals surface area contributed by atoms with E-state index in [-0.39, 0.29) is 34.8 Å². The molecule has 0 spiro atoms. The van der Waals surface area contributed by atoms with Crippen molar-refractivity contribution >= 4 is 35.6 Å². The number of nitrogens with zero attached hydrogens (tertiary/aromatic N) is 3. The molecule has 1 fully saturated rings. The minimum absolute atomic E-state index is 0.0140. The molecule has 3 unspecified atom stereocenters. The number of rotatable bonds is 4. The number of guanidine groups is 1. The molecule has 0 aromatic heterocycles. The summed E-state index contributed by atoms with van der Waals surface area (Å²) in [7, 11) is 3.26. The average molecular weight is 411 g/mol. The Balaban J connectivity index is 1.72. The van der Waals surface area contributed by atoms with E-state index in [1.54, 1.807) is 21.0 Å². The molecular weight excluding hydrogens is 386 g/mol. The van der Waals surface area contributed by atoms with Gasteiger partial charge >= 0.3 is 12.0 Å². The van der Waals surface area contributed by atoms with Gasteiger partial charge in [-0.15, -0.1) is 11.8 Å². The number of aliphatic hydroxyl groups is 1. The second kappa shape index (κ2) is 7.63. The number of nitrogens with one attached hydrogen (secondary N) is 2. The van der Waals surface area contributed by atoms with Crippen molar-refractivity contribution < 1.29 is 24.6 Å². The van der Waals surface area contributed by atoms with Crippen LogP contribution in [0.4, 0.5) is 4.79 Å². The van der Waals surface area contributed by atoms with E-state index in [4.69, 9.17) is 0 Å². The number of fused-ring (bicyclic) bond motifs is 1. The largest absolute Gasteiger partial charge is 0.477 e. The van der Waals surface area contributed by atoms with Crippen LogP contribution in [0.5, 0.6) is 0 Å². The number of carboxylic acid groups (broad SMARTS) is 1. The third-order valence-corrected chi connectivity index (χ3v) is 6.65. The maximum absolute atomic E-state index is 12.4. The number of hydrogen-bond donors (Lipinski definition) is 4. The normalized spacial score (nSPS) is 30.1. The Labute approximate surface area is 167 Å². The average Bonchev–Trinajstić information content (AvgIpc) is 2.85. The van der Waals surface area contributed by atoms with Crippen LogP contribution < -0.4 is 10.6 Å². The van der Waals surface area contributed by atoms with Gasteiger partial charge in [-0.05, 0) is 6.92 Å². The first kappa shape index (κ1) is 20.5. The predicted octanol–water partition coefficient (Wildman–Crippen LogP) is -0.528. The summed E-state index contributed by atoms with van der Waals surface area (Å²) in [6.07, 6.45) is -0.820. The third-order valence-electron chi connectivity index (χ3n) is 5.19. The first-order chi connectivity index (χ1) is 13.1. The maximum Gasteiger partial charge on any atom is 0.353 e. The highest BCUT2D eigenvalue weighted by atomic mass is 32.2. The molecule has 28 heavy (non-hydrogen) atoms. The van der Waals surface area contributed by atoms with Crippen molar-refractivity contribution in [2.24, 2.45) is 16.8 Å². The molecule has 0 aliphatic carbocycles. The Kier molecular flexibility index (Phi) is 5.57. The van der Waals surface area contributed by atoms with Gasteiger partial charge in [0.2, 0.25) is 5.91 Å². The number of aliphatic imine (C=N–C) groups is 1. The minimum atomic E-state index is -1.14. The van der Waals surface area contributed by atoms with Gasteiger partial charge in [0.15, 0.2) is 5.96 Å². The maximum atomic E-state index is 12.4. The minimum Gasteiger partial charge on any atom is -0.477 e. The summed E-state index contributed by atoms with van der Waals surface area (Å²) in [4.78, 5) is 43.5. The van der Waals surface area contributed by atoms with E-state index in [1.165, 1.54) is 21.6 Å². The van der Waals surface area contributed by atoms with E-state index in [1.807, 2.05) is 6.92 Å². The van der Waals surface area contributed by atoms with E-state index in [2.05, 4.69) is 15.6 Å². The van der Waals surface area contributed by atoms with Gasteiger partial charge in [-0.1, -0.05) is 6.92 Å². The van der Waals surface area contributed by atoms with Crippen molar-refractivity contribution in [1.82, 2.24) is 20.4 Å². The van der Waals surface area contributed by atoms with Gasteiger partial charge in [0.05, 0.1) is 24.6 Å². The van der Waals surface area contributed by atoms with Gasteiger partial charge in [-0.3, -0.25) is 15.1 Å². The number of aliphatic carboxylic acids is 1. The number of amides is 3. The standard InChI is InChI=1S/C17H25N5O5S/c1-7-11-10(8(2)23)14(24)22(11)12(15(25)26)13(7)28-9-5-18-16(19-6-9)20-17(27)21(3)4/h7-11,23H,5-6H2,1-4H3,(H,25,26)(H2,18,19,20,27)/t7?,8-,10-,11?/m1/s1. The Morgan fingerprint density at radius 1 is 1.43 bits per heavy atom. The molecule has 5 atom stereocenters. The molecular formula is C17H25N5O5S. The molecule has 4 N–H and O–H groups in total. The highest BCUT2D eigenvalue weighted by molar-refractivity contribution is 8.03. The number of thioether (sulfide) groups is 1. The van der Waals surface area contributed by atoms with Gasteiger partial charge in [0.1, 0.15) is 5.70 Å². The summed E-state index contributed by atoms with van der Waals surface area (Å²) in [5.74, 6) is -1.84. The molecule has 11 heteroatoms. The van der Waals surface area contributed by atoms with Gasteiger partial charge < -0.3 is 25.3 Å². The monoisotopic (exact) mass is 411 g/mol. The molecule has 0 bridgehead atoms. The molecule has 10 nitrogen and oxygen atoms in total. The molecule has 154 valence electrons. The lowest BCUT2D eigenvalue weighted by molar-refractivity contribution is -0.163. The molecule has 1 saturated heterocycles. The molecule has 3 rings (SSSR count). The van der Waals surface area contributed by atoms with Crippen molar-refractivity contribution in [3.05, 3.63) is 10.6 Å². The molecule has 0 aromatic rings. The molecule has 3 aliphatic heterocycles. The zero-order valence-electron chi connectivity index (χ0n) is 16.2. The molecule has 0 radical (unpaired) electrons. The van der Waals surface area contributed by atoms with Crippen LogP contribution in [-0.4, -0.2) is 88.5 Å². The molecule has 0 aromatic carbocycles. The van der Waals surface area contributed by atoms with Gasteiger partial charge in [0, 0.05) is 36.7 Å². The topological polar surface area (TPSA) is 135 Å². The van der Waals surface area contributed by atoms with Crippen LogP contribution in [0.25, 0.3) is 0 Å². The van der Waals surface area contributed by atoms with Crippen molar-refractivity contribution in [3.8, 4) is 0 Å². The van der Waals surface area contributed by atoms with E-state index in [0.717, 1.165) is 0 Å². The zero-order valence-corrected chi connectivity index (χ0v) is 17.0. The fourth-order valence-corrected chi connectivity index (χ4v) is 5.08. The Bertz CT molecular complexity index is 765. The van der Waals surface area contributed by atoms with Crippen LogP contribution in [0.2, 0.25) is 0 Å². The first-order valence-electron chi connectivity index (χ1n) is 9.05. The highest BCUT2D eigenvalue weighted by Gasteiger charge is 2.60. The smallest absolute Gasteiger partial charge is 0.353 e. The molecule has 3 heterocycles. The summed E-state index contributed by atoms with van der Waals surface area (Å²) in [6, 6.07) is -0.610. The fourth-order valence-electron chi connectivity index (χ4n) is 3.76. The number of aliphatic hydroxyl groups excluding tert-OH is 1. The Morgan fingerprint density at radius 2 is 2.11 bits per heavy atom. The number of hydrogen-bond acceptors (Lipinski definition) is 7. The Hall–Kier alpha value is -2.27. The summed E-state index contributed by atoms with van der Waals surface area (Å²) >= 11 is 1.39. The van der Waals surface area contributed by atoms with Gasteiger partial charge in [-0.25, -0.2) is 9.59 Å². The predicted molar refractivity (Wildman–Crippen MR) is 104 cm³/mol. The lowest BCUT2D eigenvalue weighted by atomic mass is 9.79. The van der Waals surface area contributed by atoms with E-state index in [0.29, 0.717) is 24.0 Å². The van der Waals surface area contributed by atoms with Crippen LogP contribution >= 0.6 is 11.8 Å². The highest BCUT2D eigenvalue weighted by Crippen LogP contribution is 2.51. The fraction of sp³-hybridized carbons (Fsp3) is 0.647. The van der Waals surface area contributed by atoms with Crippen LogP contribution in [0.15, 0.2) is 15.6 Å². The molecule has 3 aliphatic rings. The van der Waals surface area contributed by atoms with Gasteiger partial charge in [-0.2, -0.15) is 0 Å². The summed E-state index contributed by atoms with van der Waals surface area (Å²) in [5, 5.41) is 25.2. The van der Waals surface area contributed by atoms with Crippen LogP contribution in [-0.2, 0) is 9.59 Å². The lowest BCUT2D eigenvalue weighted by Crippen LogP contribution is -2.63. The zero-order chi connectivity index (χ0) is 20.7. The Morgan fingerprint density at radius 3 is 2.61 bits per heavy atom. The van der Waals surface area contributed by atoms with Gasteiger partial charge in [0.25, 0.3) is 0 Å². The second-order valence-electron chi connectivity index (χ2n) is 7.41. The number of urea groups is 1. The SMILES string of the molecule is CC1C(SC2CN=C(NC(=O)N(C)C)NC2)=C(C(=O)O)N2C(=O)[C@H]([C@@H](C)O)C12. The quantitative estimate of drug-likeness (QED) is 0.457. The number of carbonyl (C=O) groups is 3. The van der Waals surface area contributed by atoms with Crippen LogP contribution in [0.1, 0.15) is 13.8 Å². The second-order valence-corrected chi connectivity index (χ2v) is 8.75. The van der Waals surface area contributed by atoms with Crippen LogP contribution in [0, 0.1) is 11.8 Å². The van der Waals surface area contributed by atoms with E-state index >= 15 is 0 Å². The number of β-lactam (4-membered cyclic amide) rings is 1. The summed E-state index contributed by atoms with van der Waals surface area (Å²) in [5.41, 5.74) is 0.0140. The summed E-state index contributed by atoms with van der Waals surface area (Å²) < 4.78 is 0. The first-order valence-corrected chi connectivity index (χ1v) is 9.93. The van der Waals surface area contributed by atoms with Crippen molar-refractivity contribution in [2.75, 3.05) is 27.2 Å². The van der Waals surface area contributed by atoms with Crippen LogP contribution in [0.3, 0.4) is 0 Å². The molecule has 0 saturated carbocycles. The molecule has 3 amide bonds.